The minimum absolute atomic E-state index is 0.549. The molecule has 7 aromatic carbocycles. The monoisotopic (exact) mass is 680 g/mol. The number of nitrogens with zero attached hydrogens (tertiary/aromatic N) is 6. The highest BCUT2D eigenvalue weighted by molar-refractivity contribution is 6.10. The van der Waals surface area contributed by atoms with Crippen molar-refractivity contribution in [2.75, 3.05) is 0 Å². The van der Waals surface area contributed by atoms with Crippen LogP contribution < -0.4 is 0 Å². The fourth-order valence-electron chi connectivity index (χ4n) is 7.58. The molecule has 0 spiro atoms. The molecule has 7 nitrogen and oxygen atoms in total. The van der Waals surface area contributed by atoms with Crippen molar-refractivity contribution in [2.45, 2.75) is 0 Å². The number of aromatic nitrogens is 6. The van der Waals surface area contributed by atoms with Gasteiger partial charge in [-0.25, -0.2) is 4.98 Å². The van der Waals surface area contributed by atoms with Gasteiger partial charge in [-0.3, -0.25) is 9.13 Å². The van der Waals surface area contributed by atoms with Crippen LogP contribution in [0.5, 0.6) is 0 Å². The van der Waals surface area contributed by atoms with E-state index < -0.39 is 0 Å². The summed E-state index contributed by atoms with van der Waals surface area (Å²) in [6.45, 7) is 0. The number of rotatable bonds is 5. The smallest absolute Gasteiger partial charge is 0.307 e. The Morgan fingerprint density at radius 3 is 1.38 bits per heavy atom. The first-order valence-corrected chi connectivity index (χ1v) is 17.6. The van der Waals surface area contributed by atoms with Crippen LogP contribution in [0.4, 0.5) is 0 Å². The maximum absolute atomic E-state index is 6.47. The summed E-state index contributed by atoms with van der Waals surface area (Å²) < 4.78 is 10.7. The zero-order chi connectivity index (χ0) is 34.9. The van der Waals surface area contributed by atoms with Gasteiger partial charge in [0.1, 0.15) is 5.52 Å². The van der Waals surface area contributed by atoms with Crippen LogP contribution in [0, 0.1) is 0 Å². The Balaban J connectivity index is 1.00. The lowest BCUT2D eigenvalue weighted by molar-refractivity contribution is 0.574. The summed E-state index contributed by atoms with van der Waals surface area (Å²) in [5, 5.41) is 4.65. The molecule has 53 heavy (non-hydrogen) atoms. The second-order valence-corrected chi connectivity index (χ2v) is 13.1. The Labute approximate surface area is 303 Å². The van der Waals surface area contributed by atoms with E-state index in [1.807, 2.05) is 48.5 Å². The van der Waals surface area contributed by atoms with Gasteiger partial charge in [-0.2, -0.15) is 15.0 Å². The number of hydrogen-bond donors (Lipinski definition) is 0. The van der Waals surface area contributed by atoms with Gasteiger partial charge in [-0.1, -0.05) is 133 Å². The summed E-state index contributed by atoms with van der Waals surface area (Å²) in [6, 6.07) is 58.7. The zero-order valence-electron chi connectivity index (χ0n) is 28.3. The number of fused-ring (bicyclic) bond motifs is 7. The normalized spacial score (nSPS) is 11.8. The van der Waals surface area contributed by atoms with Gasteiger partial charge in [-0.15, -0.1) is 0 Å². The first-order chi connectivity index (χ1) is 26.3. The van der Waals surface area contributed by atoms with Gasteiger partial charge < -0.3 is 4.42 Å². The van der Waals surface area contributed by atoms with E-state index >= 15 is 0 Å². The van der Waals surface area contributed by atoms with Crippen LogP contribution in [0.2, 0.25) is 0 Å². The number of hydrogen-bond acceptors (Lipinski definition) is 5. The Morgan fingerprint density at radius 2 is 0.811 bits per heavy atom. The van der Waals surface area contributed by atoms with Gasteiger partial charge in [0.25, 0.3) is 0 Å². The van der Waals surface area contributed by atoms with E-state index in [4.69, 9.17) is 24.4 Å². The van der Waals surface area contributed by atoms with Crippen LogP contribution >= 0.6 is 0 Å². The highest BCUT2D eigenvalue weighted by atomic mass is 16.4. The van der Waals surface area contributed by atoms with Crippen molar-refractivity contribution in [1.29, 1.82) is 0 Å². The van der Waals surface area contributed by atoms with Crippen molar-refractivity contribution < 1.29 is 4.42 Å². The van der Waals surface area contributed by atoms with Crippen LogP contribution in [-0.4, -0.2) is 29.1 Å². The standard InChI is InChI=1S/C46H28N6O/c1-2-12-30(13-3-1)43-48-44(50-45(49-43)51-38-18-8-4-14-33(38)34-15-5-9-19-39(34)51)31-24-22-29(23-25-31)32-26-27-37-42(28-32)53-46(47-37)52-40-20-10-6-16-35(40)36-17-7-11-21-41(36)52/h1-28H. The molecule has 4 heterocycles. The van der Waals surface area contributed by atoms with E-state index in [1.165, 1.54) is 10.8 Å². The maximum Gasteiger partial charge on any atom is 0.307 e. The second kappa shape index (κ2) is 11.6. The molecule has 0 aliphatic carbocycles. The molecule has 11 rings (SSSR count). The molecule has 7 heteroatoms. The number of benzene rings is 7. The predicted molar refractivity (Wildman–Crippen MR) is 212 cm³/mol. The van der Waals surface area contributed by atoms with E-state index in [2.05, 4.69) is 130 Å². The number of oxazole rings is 1. The molecule has 0 bridgehead atoms. The van der Waals surface area contributed by atoms with E-state index in [1.54, 1.807) is 0 Å². The zero-order valence-corrected chi connectivity index (χ0v) is 28.3. The van der Waals surface area contributed by atoms with Crippen molar-refractivity contribution in [2.24, 2.45) is 0 Å². The maximum atomic E-state index is 6.47. The molecular formula is C46H28N6O. The number of para-hydroxylation sites is 4. The van der Waals surface area contributed by atoms with E-state index in [-0.39, 0.29) is 0 Å². The molecule has 11 aromatic rings. The summed E-state index contributed by atoms with van der Waals surface area (Å²) in [6.07, 6.45) is 0. The van der Waals surface area contributed by atoms with E-state index in [0.717, 1.165) is 66.2 Å². The van der Waals surface area contributed by atoms with E-state index in [9.17, 15) is 0 Å². The summed E-state index contributed by atoms with van der Waals surface area (Å²) in [5.41, 5.74) is 9.64. The molecule has 4 aromatic heterocycles. The predicted octanol–water partition coefficient (Wildman–Crippen LogP) is 11.2. The van der Waals surface area contributed by atoms with Gasteiger partial charge in [0.05, 0.1) is 22.1 Å². The average molecular weight is 681 g/mol. The first-order valence-electron chi connectivity index (χ1n) is 17.6. The SMILES string of the molecule is c1ccc(-c2nc(-c3ccc(-c4ccc5nc(-n6c7ccccc7c7ccccc76)oc5c4)cc3)nc(-n3c4ccccc4c4ccccc43)n2)cc1. The molecule has 248 valence electrons. The fraction of sp³-hybridized carbons (Fsp3) is 0. The van der Waals surface area contributed by atoms with Crippen molar-refractivity contribution in [1.82, 2.24) is 29.1 Å². The van der Waals surface area contributed by atoms with Gasteiger partial charge in [0.2, 0.25) is 5.95 Å². The molecule has 0 amide bonds. The molecule has 0 atom stereocenters. The third-order valence-electron chi connectivity index (χ3n) is 10.1. The lowest BCUT2D eigenvalue weighted by Gasteiger charge is -2.11. The van der Waals surface area contributed by atoms with Gasteiger partial charge >= 0.3 is 6.01 Å². The van der Waals surface area contributed by atoms with Crippen LogP contribution in [0.25, 0.3) is 101 Å². The minimum Gasteiger partial charge on any atom is -0.423 e. The lowest BCUT2D eigenvalue weighted by atomic mass is 10.0. The quantitative estimate of drug-likeness (QED) is 0.181. The Hall–Kier alpha value is -7.38. The summed E-state index contributed by atoms with van der Waals surface area (Å²) in [5.74, 6) is 1.79. The highest BCUT2D eigenvalue weighted by Gasteiger charge is 2.19. The molecule has 0 unspecified atom stereocenters. The molecule has 0 aliphatic heterocycles. The average Bonchev–Trinajstić information content (AvgIpc) is 3.91. The summed E-state index contributed by atoms with van der Waals surface area (Å²) in [7, 11) is 0. The summed E-state index contributed by atoms with van der Waals surface area (Å²) in [4.78, 5) is 20.1. The van der Waals surface area contributed by atoms with Crippen LogP contribution in [0.3, 0.4) is 0 Å². The Kier molecular flexibility index (Phi) is 6.42. The molecular weight excluding hydrogens is 653 g/mol. The third kappa shape index (κ3) is 4.68. The lowest BCUT2D eigenvalue weighted by Crippen LogP contribution is -2.06. The van der Waals surface area contributed by atoms with Crippen LogP contribution in [0.15, 0.2) is 174 Å². The van der Waals surface area contributed by atoms with Crippen molar-refractivity contribution >= 4 is 54.7 Å². The largest absolute Gasteiger partial charge is 0.423 e. The van der Waals surface area contributed by atoms with Gasteiger partial charge in [0.15, 0.2) is 17.2 Å². The third-order valence-corrected chi connectivity index (χ3v) is 10.1. The van der Waals surface area contributed by atoms with Crippen molar-refractivity contribution in [3.8, 4) is 45.9 Å². The van der Waals surface area contributed by atoms with E-state index in [0.29, 0.717) is 23.6 Å². The molecule has 0 saturated heterocycles. The van der Waals surface area contributed by atoms with Gasteiger partial charge in [-0.05, 0) is 47.5 Å². The molecule has 0 saturated carbocycles. The second-order valence-electron chi connectivity index (χ2n) is 13.1. The van der Waals surface area contributed by atoms with Crippen molar-refractivity contribution in [3.63, 3.8) is 0 Å². The molecule has 0 aliphatic rings. The summed E-state index contributed by atoms with van der Waals surface area (Å²) >= 11 is 0. The van der Waals surface area contributed by atoms with Gasteiger partial charge in [0, 0.05) is 32.7 Å². The Morgan fingerprint density at radius 1 is 0.358 bits per heavy atom. The molecule has 0 radical (unpaired) electrons. The van der Waals surface area contributed by atoms with Crippen LogP contribution in [0.1, 0.15) is 0 Å². The molecule has 0 fully saturated rings. The minimum atomic E-state index is 0.549. The van der Waals surface area contributed by atoms with Crippen molar-refractivity contribution in [3.05, 3.63) is 170 Å². The topological polar surface area (TPSA) is 74.6 Å². The Bertz CT molecular complexity index is 3070. The first kappa shape index (κ1) is 29.4. The fourth-order valence-corrected chi connectivity index (χ4v) is 7.58. The van der Waals surface area contributed by atoms with Crippen LogP contribution in [-0.2, 0) is 0 Å². The molecule has 0 N–H and O–H groups in total. The highest BCUT2D eigenvalue weighted by Crippen LogP contribution is 2.35.